The van der Waals surface area contributed by atoms with Gasteiger partial charge in [0.1, 0.15) is 0 Å². The molecule has 0 radical (unpaired) electrons. The summed E-state index contributed by atoms with van der Waals surface area (Å²) in [5.41, 5.74) is 12.0. The third-order valence-electron chi connectivity index (χ3n) is 2.22. The first-order valence-corrected chi connectivity index (χ1v) is 4.16. The van der Waals surface area contributed by atoms with E-state index in [9.17, 15) is 0 Å². The molecular formula is C8H16N4. The monoisotopic (exact) mass is 168 g/mol. The van der Waals surface area contributed by atoms with Crippen molar-refractivity contribution in [1.29, 1.82) is 5.41 Å². The molecule has 1 heterocycles. The minimum Gasteiger partial charge on any atom is -0.404 e. The lowest BCUT2D eigenvalue weighted by atomic mass is 9.90. The lowest BCUT2D eigenvalue weighted by Crippen LogP contribution is -2.44. The summed E-state index contributed by atoms with van der Waals surface area (Å²) in [6.45, 7) is 1.75. The maximum Gasteiger partial charge on any atom is 0.0227 e. The number of hydrogen-bond donors (Lipinski definition) is 4. The zero-order valence-corrected chi connectivity index (χ0v) is 7.09. The van der Waals surface area contributed by atoms with Gasteiger partial charge in [-0.2, -0.15) is 0 Å². The van der Waals surface area contributed by atoms with Gasteiger partial charge in [-0.25, -0.2) is 0 Å². The van der Waals surface area contributed by atoms with Crippen molar-refractivity contribution in [2.24, 2.45) is 17.4 Å². The summed E-state index contributed by atoms with van der Waals surface area (Å²) in [5.74, 6) is 0.316. The van der Waals surface area contributed by atoms with E-state index in [0.29, 0.717) is 5.92 Å². The Bertz CT molecular complexity index is 187. The Kier molecular flexibility index (Phi) is 3.25. The summed E-state index contributed by atoms with van der Waals surface area (Å²) in [7, 11) is 0. The van der Waals surface area contributed by atoms with Crippen molar-refractivity contribution in [2.75, 3.05) is 13.1 Å². The van der Waals surface area contributed by atoms with Crippen molar-refractivity contribution < 1.29 is 0 Å². The summed E-state index contributed by atoms with van der Waals surface area (Å²) in [6, 6.07) is 0.193. The Morgan fingerprint density at radius 3 is 2.75 bits per heavy atom. The number of rotatable bonds is 2. The summed E-state index contributed by atoms with van der Waals surface area (Å²) in [4.78, 5) is 0. The highest BCUT2D eigenvalue weighted by molar-refractivity contribution is 5.76. The third kappa shape index (κ3) is 2.06. The summed E-state index contributed by atoms with van der Waals surface area (Å²) < 4.78 is 0. The SMILES string of the molecule is N=C/C(=C\N)C1CNCC(N)C1. The molecule has 1 saturated heterocycles. The molecule has 68 valence electrons. The van der Waals surface area contributed by atoms with Gasteiger partial charge < -0.3 is 22.2 Å². The number of piperidine rings is 1. The fourth-order valence-electron chi connectivity index (χ4n) is 1.53. The second kappa shape index (κ2) is 4.23. The van der Waals surface area contributed by atoms with Crippen LogP contribution in [0.2, 0.25) is 0 Å². The first-order valence-electron chi connectivity index (χ1n) is 4.16. The maximum atomic E-state index is 7.12. The van der Waals surface area contributed by atoms with E-state index in [0.717, 1.165) is 25.1 Å². The van der Waals surface area contributed by atoms with Crippen LogP contribution in [0.5, 0.6) is 0 Å². The Morgan fingerprint density at radius 2 is 2.25 bits per heavy atom. The number of nitrogens with one attached hydrogen (secondary N) is 2. The molecule has 1 aliphatic rings. The highest BCUT2D eigenvalue weighted by Gasteiger charge is 2.20. The highest BCUT2D eigenvalue weighted by Crippen LogP contribution is 2.16. The molecule has 6 N–H and O–H groups in total. The third-order valence-corrected chi connectivity index (χ3v) is 2.22. The molecule has 2 unspecified atom stereocenters. The summed E-state index contributed by atoms with van der Waals surface area (Å²) in [6.07, 6.45) is 3.73. The van der Waals surface area contributed by atoms with Gasteiger partial charge in [0, 0.05) is 31.3 Å². The molecule has 0 aromatic heterocycles. The van der Waals surface area contributed by atoms with Crippen LogP contribution in [0.3, 0.4) is 0 Å². The molecule has 2 atom stereocenters. The predicted molar refractivity (Wildman–Crippen MR) is 50.0 cm³/mol. The number of hydrogen-bond acceptors (Lipinski definition) is 4. The predicted octanol–water partition coefficient (Wildman–Crippen LogP) is -0.585. The van der Waals surface area contributed by atoms with Crippen molar-refractivity contribution in [3.63, 3.8) is 0 Å². The van der Waals surface area contributed by atoms with Gasteiger partial charge in [-0.1, -0.05) is 0 Å². The Morgan fingerprint density at radius 1 is 1.50 bits per heavy atom. The molecular weight excluding hydrogens is 152 g/mol. The van der Waals surface area contributed by atoms with Crippen LogP contribution >= 0.6 is 0 Å². The van der Waals surface area contributed by atoms with Crippen LogP contribution in [0.25, 0.3) is 0 Å². The molecule has 4 nitrogen and oxygen atoms in total. The molecule has 0 spiro atoms. The van der Waals surface area contributed by atoms with E-state index in [1.807, 2.05) is 0 Å². The molecule has 12 heavy (non-hydrogen) atoms. The van der Waals surface area contributed by atoms with Gasteiger partial charge in [0.2, 0.25) is 0 Å². The van der Waals surface area contributed by atoms with Crippen molar-refractivity contribution >= 4 is 6.21 Å². The topological polar surface area (TPSA) is 87.9 Å². The molecule has 1 aliphatic heterocycles. The lowest BCUT2D eigenvalue weighted by Gasteiger charge is -2.27. The van der Waals surface area contributed by atoms with Crippen LogP contribution in [0.1, 0.15) is 6.42 Å². The lowest BCUT2D eigenvalue weighted by molar-refractivity contribution is 0.385. The van der Waals surface area contributed by atoms with Gasteiger partial charge in [-0.15, -0.1) is 0 Å². The van der Waals surface area contributed by atoms with Crippen LogP contribution in [0, 0.1) is 11.3 Å². The fraction of sp³-hybridized carbons (Fsp3) is 0.625. The van der Waals surface area contributed by atoms with Gasteiger partial charge in [0.25, 0.3) is 0 Å². The van der Waals surface area contributed by atoms with E-state index in [1.54, 1.807) is 0 Å². The van der Waals surface area contributed by atoms with Crippen molar-refractivity contribution in [1.82, 2.24) is 5.32 Å². The second-order valence-electron chi connectivity index (χ2n) is 3.16. The highest BCUT2D eigenvalue weighted by atomic mass is 14.9. The molecule has 0 aromatic carbocycles. The van der Waals surface area contributed by atoms with Gasteiger partial charge in [0.05, 0.1) is 0 Å². The fourth-order valence-corrected chi connectivity index (χ4v) is 1.53. The van der Waals surface area contributed by atoms with Gasteiger partial charge in [-0.05, 0) is 18.2 Å². The quantitative estimate of drug-likeness (QED) is 0.416. The zero-order valence-electron chi connectivity index (χ0n) is 7.09. The average Bonchev–Trinajstić information content (AvgIpc) is 2.07. The minimum atomic E-state index is 0.193. The molecule has 0 bridgehead atoms. The van der Waals surface area contributed by atoms with Crippen LogP contribution in [0.15, 0.2) is 11.8 Å². The maximum absolute atomic E-state index is 7.12. The first kappa shape index (κ1) is 9.22. The van der Waals surface area contributed by atoms with Gasteiger partial charge >= 0.3 is 0 Å². The second-order valence-corrected chi connectivity index (χ2v) is 3.16. The molecule has 1 fully saturated rings. The van der Waals surface area contributed by atoms with Crippen LogP contribution < -0.4 is 16.8 Å². The normalized spacial score (nSPS) is 31.6. The first-order chi connectivity index (χ1) is 5.77. The molecule has 4 heteroatoms. The largest absolute Gasteiger partial charge is 0.404 e. The Hall–Kier alpha value is -0.870. The average molecular weight is 168 g/mol. The van der Waals surface area contributed by atoms with Crippen molar-refractivity contribution in [3.8, 4) is 0 Å². The van der Waals surface area contributed by atoms with Gasteiger partial charge in [0.15, 0.2) is 0 Å². The Balaban J connectivity index is 2.55. The van der Waals surface area contributed by atoms with Crippen molar-refractivity contribution in [3.05, 3.63) is 11.8 Å². The number of nitrogens with two attached hydrogens (primary N) is 2. The molecule has 0 aliphatic carbocycles. The van der Waals surface area contributed by atoms with Crippen molar-refractivity contribution in [2.45, 2.75) is 12.5 Å². The minimum absolute atomic E-state index is 0.193. The molecule has 0 saturated carbocycles. The summed E-state index contributed by atoms with van der Waals surface area (Å²) >= 11 is 0. The van der Waals surface area contributed by atoms with Crippen LogP contribution in [-0.4, -0.2) is 25.3 Å². The van der Waals surface area contributed by atoms with Gasteiger partial charge in [-0.3, -0.25) is 0 Å². The molecule has 1 rings (SSSR count). The standard InChI is InChI=1S/C8H16N4/c9-2-7(3-10)6-1-8(11)5-12-4-6/h2-3,6,8-9,12H,1,4-5,10-11H2/b7-3+,9-2?. The Labute approximate surface area is 72.5 Å². The van der Waals surface area contributed by atoms with E-state index >= 15 is 0 Å². The van der Waals surface area contributed by atoms with E-state index in [4.69, 9.17) is 16.9 Å². The van der Waals surface area contributed by atoms with Crippen LogP contribution in [-0.2, 0) is 0 Å². The molecule has 0 amide bonds. The van der Waals surface area contributed by atoms with E-state index < -0.39 is 0 Å². The smallest absolute Gasteiger partial charge is 0.0227 e. The van der Waals surface area contributed by atoms with Crippen LogP contribution in [0.4, 0.5) is 0 Å². The zero-order chi connectivity index (χ0) is 8.97. The van der Waals surface area contributed by atoms with E-state index in [1.165, 1.54) is 12.4 Å². The van der Waals surface area contributed by atoms with E-state index in [-0.39, 0.29) is 6.04 Å². The molecule has 0 aromatic rings. The van der Waals surface area contributed by atoms with E-state index in [2.05, 4.69) is 5.32 Å². The summed E-state index contributed by atoms with van der Waals surface area (Å²) in [5, 5.41) is 10.3.